The third-order valence-corrected chi connectivity index (χ3v) is 3.40. The molecule has 0 radical (unpaired) electrons. The molecule has 6 nitrogen and oxygen atoms in total. The molecule has 0 rings (SSSR count). The summed E-state index contributed by atoms with van der Waals surface area (Å²) >= 11 is 1.49. The molecule has 2 amide bonds. The zero-order chi connectivity index (χ0) is 13.3. The largest absolute Gasteiger partial charge is 0.358 e. The molecule has 0 spiro atoms. The Morgan fingerprint density at radius 3 is 2.35 bits per heavy atom. The van der Waals surface area contributed by atoms with E-state index < -0.39 is 15.9 Å². The Balaban J connectivity index is 3.46. The fourth-order valence-electron chi connectivity index (χ4n) is 0.985. The molecule has 0 fully saturated rings. The summed E-state index contributed by atoms with van der Waals surface area (Å²) in [5.74, 6) is 0.680. The van der Waals surface area contributed by atoms with E-state index in [1.165, 1.54) is 11.8 Å². The fourth-order valence-corrected chi connectivity index (χ4v) is 2.38. The molecule has 0 unspecified atom stereocenters. The smallest absolute Gasteiger partial charge is 0.233 e. The topological polar surface area (TPSA) is 92.3 Å². The fraction of sp³-hybridized carbons (Fsp3) is 0.778. The summed E-state index contributed by atoms with van der Waals surface area (Å²) in [6.07, 6.45) is 2.53. The third-order valence-electron chi connectivity index (χ3n) is 1.75. The second-order valence-electron chi connectivity index (χ2n) is 3.48. The number of thioether (sulfide) groups is 1. The van der Waals surface area contributed by atoms with Crippen LogP contribution in [0, 0.1) is 0 Å². The lowest BCUT2D eigenvalue weighted by Gasteiger charge is -2.02. The molecule has 0 aromatic rings. The molecule has 8 heteroatoms. The van der Waals surface area contributed by atoms with Crippen LogP contribution in [0.25, 0.3) is 0 Å². The van der Waals surface area contributed by atoms with Crippen molar-refractivity contribution in [1.29, 1.82) is 0 Å². The van der Waals surface area contributed by atoms with Crippen LogP contribution >= 0.6 is 11.8 Å². The minimum Gasteiger partial charge on any atom is -0.358 e. The maximum Gasteiger partial charge on any atom is 0.233 e. The van der Waals surface area contributed by atoms with Gasteiger partial charge in [-0.15, -0.1) is 0 Å². The van der Waals surface area contributed by atoms with Gasteiger partial charge in [0.1, 0.15) is 0 Å². The summed E-state index contributed by atoms with van der Waals surface area (Å²) < 4.78 is 23.3. The van der Waals surface area contributed by atoms with Gasteiger partial charge in [-0.3, -0.25) is 14.3 Å². The van der Waals surface area contributed by atoms with Gasteiger partial charge in [0, 0.05) is 13.5 Å². The molecule has 0 heterocycles. The van der Waals surface area contributed by atoms with E-state index in [9.17, 15) is 18.0 Å². The number of carbonyl (C=O) groups is 2. The zero-order valence-corrected chi connectivity index (χ0v) is 11.6. The van der Waals surface area contributed by atoms with Gasteiger partial charge in [-0.2, -0.15) is 11.8 Å². The van der Waals surface area contributed by atoms with Crippen LogP contribution in [0.15, 0.2) is 0 Å². The van der Waals surface area contributed by atoms with E-state index in [1.54, 1.807) is 7.05 Å². The molecule has 17 heavy (non-hydrogen) atoms. The van der Waals surface area contributed by atoms with Crippen LogP contribution in [0.4, 0.5) is 0 Å². The number of carbonyl (C=O) groups excluding carboxylic acids is 2. The average molecular weight is 282 g/mol. The molecule has 0 atom stereocenters. The van der Waals surface area contributed by atoms with Gasteiger partial charge < -0.3 is 5.32 Å². The highest BCUT2D eigenvalue weighted by Gasteiger charge is 2.07. The van der Waals surface area contributed by atoms with Crippen LogP contribution in [0.2, 0.25) is 0 Å². The highest BCUT2D eigenvalue weighted by Crippen LogP contribution is 2.05. The van der Waals surface area contributed by atoms with E-state index in [0.29, 0.717) is 12.2 Å². The summed E-state index contributed by atoms with van der Waals surface area (Å²) in [4.78, 5) is 21.9. The number of rotatable bonds is 8. The van der Waals surface area contributed by atoms with Crippen LogP contribution in [-0.4, -0.2) is 45.0 Å². The van der Waals surface area contributed by atoms with Crippen molar-refractivity contribution in [3.8, 4) is 0 Å². The molecular weight excluding hydrogens is 264 g/mol. The standard InChI is InChI=1S/C9H18N2O4S2/c1-10-9(13)7-16-6-4-3-5-8(12)11-17(2,14)15/h3-7H2,1-2H3,(H,10,13)(H,11,12). The molecule has 0 saturated heterocycles. The van der Waals surface area contributed by atoms with Gasteiger partial charge in [-0.1, -0.05) is 0 Å². The van der Waals surface area contributed by atoms with Crippen LogP contribution < -0.4 is 10.0 Å². The van der Waals surface area contributed by atoms with E-state index >= 15 is 0 Å². The predicted octanol–water partition coefficient (Wildman–Crippen LogP) is -0.288. The zero-order valence-electron chi connectivity index (χ0n) is 9.99. The molecule has 0 bridgehead atoms. The van der Waals surface area contributed by atoms with Crippen molar-refractivity contribution < 1.29 is 18.0 Å². The van der Waals surface area contributed by atoms with Crippen LogP contribution in [-0.2, 0) is 19.6 Å². The monoisotopic (exact) mass is 282 g/mol. The highest BCUT2D eigenvalue weighted by molar-refractivity contribution is 7.99. The van der Waals surface area contributed by atoms with E-state index in [1.807, 2.05) is 4.72 Å². The van der Waals surface area contributed by atoms with Gasteiger partial charge in [0.15, 0.2) is 0 Å². The summed E-state index contributed by atoms with van der Waals surface area (Å²) in [5.41, 5.74) is 0. The van der Waals surface area contributed by atoms with Crippen molar-refractivity contribution in [3.05, 3.63) is 0 Å². The first-order valence-corrected chi connectivity index (χ1v) is 8.18. The lowest BCUT2D eigenvalue weighted by Crippen LogP contribution is -2.28. The molecule has 2 N–H and O–H groups in total. The minimum absolute atomic E-state index is 0.0233. The molecule has 0 aromatic carbocycles. The average Bonchev–Trinajstić information content (AvgIpc) is 2.20. The van der Waals surface area contributed by atoms with Crippen molar-refractivity contribution in [1.82, 2.24) is 10.0 Å². The summed E-state index contributed by atoms with van der Waals surface area (Å²) in [7, 11) is -1.86. The minimum atomic E-state index is -3.44. The molecule has 0 aliphatic carbocycles. The Labute approximate surface area is 106 Å². The van der Waals surface area contributed by atoms with Crippen molar-refractivity contribution in [2.24, 2.45) is 0 Å². The van der Waals surface area contributed by atoms with Gasteiger partial charge in [0.05, 0.1) is 12.0 Å². The van der Waals surface area contributed by atoms with Gasteiger partial charge in [-0.05, 0) is 18.6 Å². The maximum atomic E-state index is 11.1. The van der Waals surface area contributed by atoms with E-state index in [0.717, 1.165) is 18.4 Å². The number of unbranched alkanes of at least 4 members (excludes halogenated alkanes) is 1. The first-order valence-electron chi connectivity index (χ1n) is 5.14. The predicted molar refractivity (Wildman–Crippen MR) is 68.2 cm³/mol. The highest BCUT2D eigenvalue weighted by atomic mass is 32.2. The molecule has 0 saturated carbocycles. The van der Waals surface area contributed by atoms with Gasteiger partial charge in [0.25, 0.3) is 0 Å². The van der Waals surface area contributed by atoms with Crippen LogP contribution in [0.1, 0.15) is 19.3 Å². The molecule has 0 aliphatic heterocycles. The number of nitrogens with one attached hydrogen (secondary N) is 2. The quantitative estimate of drug-likeness (QED) is 0.597. The Bertz CT molecular complexity index is 354. The number of hydrogen-bond donors (Lipinski definition) is 2. The summed E-state index contributed by atoms with van der Waals surface area (Å²) in [5, 5.41) is 2.51. The van der Waals surface area contributed by atoms with Gasteiger partial charge >= 0.3 is 0 Å². The lowest BCUT2D eigenvalue weighted by atomic mass is 10.2. The maximum absolute atomic E-state index is 11.1. The molecule has 0 aliphatic rings. The van der Waals surface area contributed by atoms with Gasteiger partial charge in [0.2, 0.25) is 21.8 Å². The lowest BCUT2D eigenvalue weighted by molar-refractivity contribution is -0.119. The van der Waals surface area contributed by atoms with Crippen molar-refractivity contribution in [3.63, 3.8) is 0 Å². The van der Waals surface area contributed by atoms with Crippen molar-refractivity contribution in [2.45, 2.75) is 19.3 Å². The molecular formula is C9H18N2O4S2. The normalized spacial score (nSPS) is 10.9. The van der Waals surface area contributed by atoms with Gasteiger partial charge in [-0.25, -0.2) is 8.42 Å². The molecule has 0 aromatic heterocycles. The van der Waals surface area contributed by atoms with Crippen LogP contribution in [0.5, 0.6) is 0 Å². The Hall–Kier alpha value is -0.760. The van der Waals surface area contributed by atoms with Crippen molar-refractivity contribution in [2.75, 3.05) is 24.8 Å². The summed E-state index contributed by atoms with van der Waals surface area (Å²) in [6, 6.07) is 0. The number of hydrogen-bond acceptors (Lipinski definition) is 5. The third kappa shape index (κ3) is 11.5. The molecule has 100 valence electrons. The van der Waals surface area contributed by atoms with Crippen molar-refractivity contribution >= 4 is 33.6 Å². The first-order chi connectivity index (χ1) is 7.85. The summed E-state index contributed by atoms with van der Waals surface area (Å²) in [6.45, 7) is 0. The van der Waals surface area contributed by atoms with E-state index in [-0.39, 0.29) is 12.3 Å². The Morgan fingerprint density at radius 2 is 1.82 bits per heavy atom. The second kappa shape index (κ2) is 8.35. The Morgan fingerprint density at radius 1 is 1.18 bits per heavy atom. The van der Waals surface area contributed by atoms with E-state index in [4.69, 9.17) is 0 Å². The number of amides is 2. The SMILES string of the molecule is CNC(=O)CSCCCCC(=O)NS(C)(=O)=O. The first kappa shape index (κ1) is 16.2. The number of sulfonamides is 1. The van der Waals surface area contributed by atoms with E-state index in [2.05, 4.69) is 5.32 Å². The second-order valence-corrected chi connectivity index (χ2v) is 6.33. The Kier molecular flexibility index (Phi) is 7.98. The van der Waals surface area contributed by atoms with Crippen LogP contribution in [0.3, 0.4) is 0 Å².